The standard InChI is InChI=1S/C19H20ClN5O5/c20-14-5-6-17(18(13-14)25(29)30)23-11-9-22(10-12-23)8-7-19(26)21-15-3-1-2-4-16(15)24(27)28/h1-6,13H,7-12H2,(H,21,26). The van der Waals surface area contributed by atoms with E-state index in [1.807, 2.05) is 4.90 Å². The van der Waals surface area contributed by atoms with E-state index in [0.717, 1.165) is 0 Å². The summed E-state index contributed by atoms with van der Waals surface area (Å²) in [5, 5.41) is 25.2. The Labute approximate surface area is 177 Å². The van der Waals surface area contributed by atoms with Crippen molar-refractivity contribution in [2.45, 2.75) is 6.42 Å². The van der Waals surface area contributed by atoms with Gasteiger partial charge in [-0.3, -0.25) is 29.9 Å². The maximum Gasteiger partial charge on any atom is 0.294 e. The number of nitro benzene ring substituents is 2. The molecule has 1 N–H and O–H groups in total. The van der Waals surface area contributed by atoms with Crippen molar-refractivity contribution in [3.63, 3.8) is 0 Å². The summed E-state index contributed by atoms with van der Waals surface area (Å²) in [5.41, 5.74) is 0.523. The van der Waals surface area contributed by atoms with E-state index in [4.69, 9.17) is 11.6 Å². The maximum atomic E-state index is 12.2. The number of rotatable bonds is 7. The third-order valence-corrected chi connectivity index (χ3v) is 5.11. The lowest BCUT2D eigenvalue weighted by Crippen LogP contribution is -2.47. The lowest BCUT2D eigenvalue weighted by molar-refractivity contribution is -0.384. The van der Waals surface area contributed by atoms with Gasteiger partial charge in [0, 0.05) is 56.3 Å². The Balaban J connectivity index is 1.52. The van der Waals surface area contributed by atoms with Crippen molar-refractivity contribution in [1.82, 2.24) is 4.90 Å². The van der Waals surface area contributed by atoms with Crippen LogP contribution >= 0.6 is 11.6 Å². The summed E-state index contributed by atoms with van der Waals surface area (Å²) in [5.74, 6) is -0.305. The first kappa shape index (κ1) is 21.5. The number of halogens is 1. The number of hydrogen-bond acceptors (Lipinski definition) is 7. The zero-order valence-electron chi connectivity index (χ0n) is 16.0. The van der Waals surface area contributed by atoms with Crippen LogP contribution in [0.25, 0.3) is 0 Å². The molecule has 2 aromatic carbocycles. The topological polar surface area (TPSA) is 122 Å². The summed E-state index contributed by atoms with van der Waals surface area (Å²) in [6.07, 6.45) is 0.188. The summed E-state index contributed by atoms with van der Waals surface area (Å²) in [7, 11) is 0. The number of hydrogen-bond donors (Lipinski definition) is 1. The number of amides is 1. The van der Waals surface area contributed by atoms with E-state index in [2.05, 4.69) is 10.2 Å². The maximum absolute atomic E-state index is 12.2. The first-order valence-electron chi connectivity index (χ1n) is 9.29. The average Bonchev–Trinajstić information content (AvgIpc) is 2.73. The van der Waals surface area contributed by atoms with Gasteiger partial charge in [-0.1, -0.05) is 23.7 Å². The fourth-order valence-corrected chi connectivity index (χ4v) is 3.50. The Morgan fingerprint density at radius 2 is 1.67 bits per heavy atom. The van der Waals surface area contributed by atoms with E-state index in [1.54, 1.807) is 18.2 Å². The van der Waals surface area contributed by atoms with Crippen molar-refractivity contribution in [2.75, 3.05) is 42.9 Å². The molecule has 0 atom stereocenters. The normalized spacial score (nSPS) is 14.4. The Morgan fingerprint density at radius 1 is 1.00 bits per heavy atom. The number of nitrogens with one attached hydrogen (secondary N) is 1. The monoisotopic (exact) mass is 433 g/mol. The van der Waals surface area contributed by atoms with Crippen molar-refractivity contribution in [3.05, 3.63) is 67.7 Å². The number of nitro groups is 2. The summed E-state index contributed by atoms with van der Waals surface area (Å²) in [6.45, 7) is 2.92. The Hall–Kier alpha value is -3.24. The molecule has 0 aromatic heterocycles. The van der Waals surface area contributed by atoms with E-state index >= 15 is 0 Å². The predicted molar refractivity (Wildman–Crippen MR) is 113 cm³/mol. The molecule has 1 amide bonds. The summed E-state index contributed by atoms with van der Waals surface area (Å²) < 4.78 is 0. The molecule has 10 nitrogen and oxygen atoms in total. The number of carbonyl (C=O) groups is 1. The second-order valence-corrected chi connectivity index (χ2v) is 7.23. The lowest BCUT2D eigenvalue weighted by Gasteiger charge is -2.35. The Kier molecular flexibility index (Phi) is 6.80. The molecule has 0 unspecified atom stereocenters. The molecule has 1 saturated heterocycles. The van der Waals surface area contributed by atoms with Gasteiger partial charge in [0.05, 0.1) is 9.85 Å². The molecule has 1 heterocycles. The number of piperazine rings is 1. The van der Waals surface area contributed by atoms with Gasteiger partial charge in [-0.2, -0.15) is 0 Å². The molecular formula is C19H20ClN5O5. The zero-order valence-corrected chi connectivity index (χ0v) is 16.7. The van der Waals surface area contributed by atoms with Crippen LogP contribution in [0.4, 0.5) is 22.7 Å². The van der Waals surface area contributed by atoms with E-state index < -0.39 is 9.85 Å². The molecule has 0 saturated carbocycles. The number of nitrogens with zero attached hydrogens (tertiary/aromatic N) is 4. The fraction of sp³-hybridized carbons (Fsp3) is 0.316. The van der Waals surface area contributed by atoms with Gasteiger partial charge >= 0.3 is 0 Å². The van der Waals surface area contributed by atoms with Gasteiger partial charge in [-0.05, 0) is 18.2 Å². The largest absolute Gasteiger partial charge is 0.363 e. The van der Waals surface area contributed by atoms with Gasteiger partial charge in [0.15, 0.2) is 0 Å². The van der Waals surface area contributed by atoms with Gasteiger partial charge in [-0.15, -0.1) is 0 Å². The van der Waals surface area contributed by atoms with Crippen molar-refractivity contribution >= 4 is 40.3 Å². The van der Waals surface area contributed by atoms with Crippen LogP contribution in [0.2, 0.25) is 5.02 Å². The van der Waals surface area contributed by atoms with E-state index in [1.165, 1.54) is 24.3 Å². The quantitative estimate of drug-likeness (QED) is 0.525. The number of para-hydroxylation sites is 2. The van der Waals surface area contributed by atoms with Crippen LogP contribution in [0, 0.1) is 20.2 Å². The second-order valence-electron chi connectivity index (χ2n) is 6.79. The fourth-order valence-electron chi connectivity index (χ4n) is 3.33. The average molecular weight is 434 g/mol. The minimum Gasteiger partial charge on any atom is -0.363 e. The Bertz CT molecular complexity index is 962. The molecule has 0 radical (unpaired) electrons. The van der Waals surface area contributed by atoms with Crippen molar-refractivity contribution in [1.29, 1.82) is 0 Å². The molecule has 0 spiro atoms. The van der Waals surface area contributed by atoms with Gasteiger partial charge in [-0.25, -0.2) is 0 Å². The highest BCUT2D eigenvalue weighted by atomic mass is 35.5. The molecule has 0 bridgehead atoms. The molecule has 11 heteroatoms. The van der Waals surface area contributed by atoms with Crippen LogP contribution in [-0.2, 0) is 4.79 Å². The predicted octanol–water partition coefficient (Wildman–Crippen LogP) is 3.31. The van der Waals surface area contributed by atoms with E-state index in [-0.39, 0.29) is 29.4 Å². The number of benzene rings is 2. The molecule has 1 fully saturated rings. The summed E-state index contributed by atoms with van der Waals surface area (Å²) >= 11 is 5.87. The lowest BCUT2D eigenvalue weighted by atomic mass is 10.2. The second kappa shape index (κ2) is 9.51. The zero-order chi connectivity index (χ0) is 21.7. The van der Waals surface area contributed by atoms with Gasteiger partial charge in [0.2, 0.25) is 5.91 Å². The molecule has 1 aliphatic heterocycles. The smallest absolute Gasteiger partial charge is 0.294 e. The molecule has 1 aliphatic rings. The van der Waals surface area contributed by atoms with Crippen LogP contribution in [0.3, 0.4) is 0 Å². The first-order chi connectivity index (χ1) is 14.3. The van der Waals surface area contributed by atoms with Gasteiger partial charge in [0.25, 0.3) is 11.4 Å². The highest BCUT2D eigenvalue weighted by molar-refractivity contribution is 6.30. The minimum atomic E-state index is -0.537. The van der Waals surface area contributed by atoms with Crippen LogP contribution < -0.4 is 10.2 Å². The Morgan fingerprint density at radius 3 is 2.33 bits per heavy atom. The molecule has 2 aromatic rings. The first-order valence-corrected chi connectivity index (χ1v) is 9.67. The SMILES string of the molecule is O=C(CCN1CCN(c2ccc(Cl)cc2[N+](=O)[O-])CC1)Nc1ccccc1[N+](=O)[O-]. The van der Waals surface area contributed by atoms with Crippen LogP contribution in [0.15, 0.2) is 42.5 Å². The van der Waals surface area contributed by atoms with Crippen molar-refractivity contribution < 1.29 is 14.6 Å². The van der Waals surface area contributed by atoms with Gasteiger partial charge < -0.3 is 10.2 Å². The van der Waals surface area contributed by atoms with E-state index in [0.29, 0.717) is 43.4 Å². The third kappa shape index (κ3) is 5.22. The number of anilines is 2. The van der Waals surface area contributed by atoms with Crippen molar-refractivity contribution in [3.8, 4) is 0 Å². The third-order valence-electron chi connectivity index (χ3n) is 4.88. The molecule has 158 valence electrons. The van der Waals surface area contributed by atoms with E-state index in [9.17, 15) is 25.0 Å². The molecule has 0 aliphatic carbocycles. The molecule has 30 heavy (non-hydrogen) atoms. The molecular weight excluding hydrogens is 414 g/mol. The van der Waals surface area contributed by atoms with Crippen LogP contribution in [0.1, 0.15) is 6.42 Å². The number of carbonyl (C=O) groups excluding carboxylic acids is 1. The van der Waals surface area contributed by atoms with Crippen LogP contribution in [0.5, 0.6) is 0 Å². The van der Waals surface area contributed by atoms with Crippen LogP contribution in [-0.4, -0.2) is 53.4 Å². The van der Waals surface area contributed by atoms with Gasteiger partial charge in [0.1, 0.15) is 11.4 Å². The highest BCUT2D eigenvalue weighted by Gasteiger charge is 2.24. The molecule has 3 rings (SSSR count). The highest BCUT2D eigenvalue weighted by Crippen LogP contribution is 2.31. The van der Waals surface area contributed by atoms with Crippen molar-refractivity contribution in [2.24, 2.45) is 0 Å². The summed E-state index contributed by atoms with van der Waals surface area (Å²) in [6, 6.07) is 10.6. The minimum absolute atomic E-state index is 0.0280. The summed E-state index contributed by atoms with van der Waals surface area (Å²) in [4.78, 5) is 37.6.